The zero-order valence-corrected chi connectivity index (χ0v) is 11.8. The van der Waals surface area contributed by atoms with E-state index in [4.69, 9.17) is 10.5 Å². The predicted molar refractivity (Wildman–Crippen MR) is 78.3 cm³/mol. The fraction of sp³-hybridized carbons (Fsp3) is 0.533. The van der Waals surface area contributed by atoms with E-state index in [2.05, 4.69) is 10.2 Å². The molecule has 0 unspecified atom stereocenters. The number of amides is 1. The highest BCUT2D eigenvalue weighted by atomic mass is 16.5. The van der Waals surface area contributed by atoms with Gasteiger partial charge in [0.1, 0.15) is 6.61 Å². The van der Waals surface area contributed by atoms with Gasteiger partial charge in [-0.3, -0.25) is 0 Å². The Balaban J connectivity index is 1.71. The topological polar surface area (TPSA) is 67.6 Å². The number of benzene rings is 1. The van der Waals surface area contributed by atoms with E-state index in [1.54, 1.807) is 0 Å². The molecular weight excluding hydrogens is 254 g/mol. The molecule has 0 spiro atoms. The highest BCUT2D eigenvalue weighted by molar-refractivity contribution is 5.67. The molecular formula is C15H23N3O2. The molecule has 1 aromatic rings. The summed E-state index contributed by atoms with van der Waals surface area (Å²) >= 11 is 0. The smallest absolute Gasteiger partial charge is 0.407 e. The number of hydrogen-bond donors (Lipinski definition) is 2. The van der Waals surface area contributed by atoms with Crippen LogP contribution in [0.5, 0.6) is 0 Å². The highest BCUT2D eigenvalue weighted by Gasteiger charge is 2.21. The molecule has 1 heterocycles. The van der Waals surface area contributed by atoms with Crippen molar-refractivity contribution in [3.8, 4) is 0 Å². The molecule has 0 aliphatic carbocycles. The summed E-state index contributed by atoms with van der Waals surface area (Å²) in [6.07, 6.45) is 1.75. The molecule has 2 rings (SSSR count). The molecule has 1 aromatic carbocycles. The number of nitrogens with two attached hydrogens (primary N) is 1. The Bertz CT molecular complexity index is 409. The van der Waals surface area contributed by atoms with Gasteiger partial charge in [-0.15, -0.1) is 0 Å². The zero-order chi connectivity index (χ0) is 14.2. The van der Waals surface area contributed by atoms with Crippen LogP contribution in [-0.4, -0.2) is 43.2 Å². The van der Waals surface area contributed by atoms with E-state index < -0.39 is 0 Å². The van der Waals surface area contributed by atoms with Crippen LogP contribution in [0.2, 0.25) is 0 Å². The average Bonchev–Trinajstić information content (AvgIpc) is 2.47. The van der Waals surface area contributed by atoms with Crippen LogP contribution in [0, 0.1) is 0 Å². The van der Waals surface area contributed by atoms with Crippen LogP contribution in [0.4, 0.5) is 4.79 Å². The Labute approximate surface area is 120 Å². The predicted octanol–water partition coefficient (Wildman–Crippen LogP) is 1.34. The Kier molecular flexibility index (Phi) is 5.83. The van der Waals surface area contributed by atoms with Crippen molar-refractivity contribution in [2.45, 2.75) is 25.5 Å². The Hall–Kier alpha value is -1.59. The molecule has 5 nitrogen and oxygen atoms in total. The second-order valence-electron chi connectivity index (χ2n) is 5.13. The van der Waals surface area contributed by atoms with Gasteiger partial charge in [0.05, 0.1) is 0 Å². The quantitative estimate of drug-likeness (QED) is 0.852. The standard InChI is InChI=1S/C15H23N3O2/c16-8-10-18-9-4-7-14(11-18)17-15(19)20-12-13-5-2-1-3-6-13/h1-3,5-6,14H,4,7-12,16H2,(H,17,19)/t14-/m1/s1. The highest BCUT2D eigenvalue weighted by Crippen LogP contribution is 2.10. The summed E-state index contributed by atoms with van der Waals surface area (Å²) in [5.41, 5.74) is 6.56. The Morgan fingerprint density at radius 3 is 2.95 bits per heavy atom. The molecule has 0 saturated carbocycles. The summed E-state index contributed by atoms with van der Waals surface area (Å²) in [6, 6.07) is 9.86. The summed E-state index contributed by atoms with van der Waals surface area (Å²) in [4.78, 5) is 14.1. The fourth-order valence-corrected chi connectivity index (χ4v) is 2.49. The van der Waals surface area contributed by atoms with Gasteiger partial charge in [-0.05, 0) is 24.9 Å². The van der Waals surface area contributed by atoms with Crippen LogP contribution in [0.25, 0.3) is 0 Å². The zero-order valence-electron chi connectivity index (χ0n) is 11.8. The van der Waals surface area contributed by atoms with E-state index >= 15 is 0 Å². The minimum atomic E-state index is -0.339. The molecule has 5 heteroatoms. The minimum Gasteiger partial charge on any atom is -0.445 e. The van der Waals surface area contributed by atoms with Crippen LogP contribution < -0.4 is 11.1 Å². The van der Waals surface area contributed by atoms with Crippen molar-refractivity contribution in [1.82, 2.24) is 10.2 Å². The number of piperidine rings is 1. The molecule has 0 aromatic heterocycles. The fourth-order valence-electron chi connectivity index (χ4n) is 2.49. The van der Waals surface area contributed by atoms with E-state index in [1.165, 1.54) is 0 Å². The first-order valence-corrected chi connectivity index (χ1v) is 7.17. The minimum absolute atomic E-state index is 0.165. The second kappa shape index (κ2) is 7.87. The van der Waals surface area contributed by atoms with Gasteiger partial charge < -0.3 is 20.7 Å². The number of hydrogen-bond acceptors (Lipinski definition) is 4. The third-order valence-electron chi connectivity index (χ3n) is 3.49. The van der Waals surface area contributed by atoms with Crippen molar-refractivity contribution < 1.29 is 9.53 Å². The lowest BCUT2D eigenvalue weighted by Crippen LogP contribution is -2.48. The lowest BCUT2D eigenvalue weighted by molar-refractivity contribution is 0.124. The molecule has 3 N–H and O–H groups in total. The second-order valence-corrected chi connectivity index (χ2v) is 5.13. The third kappa shape index (κ3) is 4.83. The molecule has 1 fully saturated rings. The number of nitrogens with one attached hydrogen (secondary N) is 1. The summed E-state index contributed by atoms with van der Waals surface area (Å²) in [5.74, 6) is 0. The van der Waals surface area contributed by atoms with Crippen molar-refractivity contribution in [3.05, 3.63) is 35.9 Å². The van der Waals surface area contributed by atoms with Crippen LogP contribution in [0.15, 0.2) is 30.3 Å². The lowest BCUT2D eigenvalue weighted by atomic mass is 10.1. The average molecular weight is 277 g/mol. The summed E-state index contributed by atoms with van der Waals surface area (Å²) < 4.78 is 5.23. The van der Waals surface area contributed by atoms with Gasteiger partial charge in [0.15, 0.2) is 0 Å². The number of carbonyl (C=O) groups is 1. The monoisotopic (exact) mass is 277 g/mol. The van der Waals surface area contributed by atoms with Crippen LogP contribution in [0.1, 0.15) is 18.4 Å². The van der Waals surface area contributed by atoms with Gasteiger partial charge in [0.2, 0.25) is 0 Å². The van der Waals surface area contributed by atoms with Gasteiger partial charge in [-0.2, -0.15) is 0 Å². The van der Waals surface area contributed by atoms with E-state index in [0.29, 0.717) is 13.2 Å². The van der Waals surface area contributed by atoms with Crippen LogP contribution in [0.3, 0.4) is 0 Å². The van der Waals surface area contributed by atoms with E-state index in [1.807, 2.05) is 30.3 Å². The molecule has 1 saturated heterocycles. The number of alkyl carbamates (subject to hydrolysis) is 1. The first-order chi connectivity index (χ1) is 9.78. The largest absolute Gasteiger partial charge is 0.445 e. The molecule has 1 amide bonds. The number of carbonyl (C=O) groups excluding carboxylic acids is 1. The van der Waals surface area contributed by atoms with Gasteiger partial charge in [0, 0.05) is 25.7 Å². The number of rotatable bonds is 5. The van der Waals surface area contributed by atoms with Crippen molar-refractivity contribution in [2.24, 2.45) is 5.73 Å². The van der Waals surface area contributed by atoms with Crippen molar-refractivity contribution >= 4 is 6.09 Å². The normalized spacial score (nSPS) is 19.6. The number of ether oxygens (including phenoxy) is 1. The first kappa shape index (κ1) is 14.8. The van der Waals surface area contributed by atoms with Crippen molar-refractivity contribution in [1.29, 1.82) is 0 Å². The maximum atomic E-state index is 11.8. The maximum absolute atomic E-state index is 11.8. The lowest BCUT2D eigenvalue weighted by Gasteiger charge is -2.32. The summed E-state index contributed by atoms with van der Waals surface area (Å²) in [5, 5.41) is 2.93. The molecule has 0 radical (unpaired) electrons. The molecule has 1 aliphatic heterocycles. The molecule has 0 bridgehead atoms. The third-order valence-corrected chi connectivity index (χ3v) is 3.49. The molecule has 110 valence electrons. The summed E-state index contributed by atoms with van der Waals surface area (Å²) in [7, 11) is 0. The maximum Gasteiger partial charge on any atom is 0.407 e. The van der Waals surface area contributed by atoms with Crippen molar-refractivity contribution in [3.63, 3.8) is 0 Å². The summed E-state index contributed by atoms with van der Waals surface area (Å²) in [6.45, 7) is 3.78. The Morgan fingerprint density at radius 1 is 1.40 bits per heavy atom. The van der Waals surface area contributed by atoms with Crippen LogP contribution in [-0.2, 0) is 11.3 Å². The number of nitrogens with zero attached hydrogens (tertiary/aromatic N) is 1. The van der Waals surface area contributed by atoms with Gasteiger partial charge in [-0.25, -0.2) is 4.79 Å². The van der Waals surface area contributed by atoms with Crippen LogP contribution >= 0.6 is 0 Å². The molecule has 1 aliphatic rings. The SMILES string of the molecule is NCCN1CCC[C@@H](NC(=O)OCc2ccccc2)C1. The first-order valence-electron chi connectivity index (χ1n) is 7.17. The van der Waals surface area contributed by atoms with Gasteiger partial charge in [-0.1, -0.05) is 30.3 Å². The van der Waals surface area contributed by atoms with Crippen molar-refractivity contribution in [2.75, 3.05) is 26.2 Å². The van der Waals surface area contributed by atoms with E-state index in [0.717, 1.165) is 38.0 Å². The molecule has 1 atom stereocenters. The van der Waals surface area contributed by atoms with E-state index in [9.17, 15) is 4.79 Å². The van der Waals surface area contributed by atoms with Gasteiger partial charge in [0.25, 0.3) is 0 Å². The number of likely N-dealkylation sites (tertiary alicyclic amines) is 1. The Morgan fingerprint density at radius 2 is 2.20 bits per heavy atom. The van der Waals surface area contributed by atoms with E-state index in [-0.39, 0.29) is 12.1 Å². The molecule has 20 heavy (non-hydrogen) atoms. The van der Waals surface area contributed by atoms with Gasteiger partial charge >= 0.3 is 6.09 Å².